The lowest BCUT2D eigenvalue weighted by molar-refractivity contribution is 0.295. The Hall–Kier alpha value is -1.32. The summed E-state index contributed by atoms with van der Waals surface area (Å²) in [5, 5.41) is 1.88. The van der Waals surface area contributed by atoms with Gasteiger partial charge in [-0.05, 0) is 38.2 Å². The van der Waals surface area contributed by atoms with E-state index in [0.717, 1.165) is 52.5 Å². The van der Waals surface area contributed by atoms with Gasteiger partial charge in [0.25, 0.3) is 0 Å². The molecule has 4 heteroatoms. The second-order valence-electron chi connectivity index (χ2n) is 5.55. The number of aromatic nitrogens is 1. The second kappa shape index (κ2) is 6.63. The lowest BCUT2D eigenvalue weighted by Gasteiger charge is -2.21. The van der Waals surface area contributed by atoms with Crippen molar-refractivity contribution in [1.29, 1.82) is 0 Å². The predicted octanol–water partition coefficient (Wildman–Crippen LogP) is 4.10. The summed E-state index contributed by atoms with van der Waals surface area (Å²) in [7, 11) is 4.06. The molecule has 21 heavy (non-hydrogen) atoms. The average molecular weight is 306 g/mol. The highest BCUT2D eigenvalue weighted by Gasteiger charge is 2.14. The van der Waals surface area contributed by atoms with Crippen LogP contribution >= 0.6 is 11.6 Å². The molecule has 1 aromatic heterocycles. The van der Waals surface area contributed by atoms with Crippen molar-refractivity contribution in [1.82, 2.24) is 9.88 Å². The van der Waals surface area contributed by atoms with Crippen molar-refractivity contribution in [3.05, 3.63) is 34.5 Å². The molecule has 0 N–H and O–H groups in total. The van der Waals surface area contributed by atoms with Gasteiger partial charge in [0.05, 0.1) is 10.5 Å². The molecule has 0 saturated carbocycles. The van der Waals surface area contributed by atoms with Crippen LogP contribution in [0, 0.1) is 6.92 Å². The molecule has 3 nitrogen and oxygen atoms in total. The van der Waals surface area contributed by atoms with E-state index in [1.54, 1.807) is 0 Å². The van der Waals surface area contributed by atoms with Crippen molar-refractivity contribution in [3.8, 4) is 0 Å². The molecule has 0 fully saturated rings. The third-order valence-electron chi connectivity index (χ3n) is 4.00. The molecule has 0 aliphatic rings. The van der Waals surface area contributed by atoms with E-state index in [0.29, 0.717) is 0 Å². The number of hydrogen-bond acceptors (Lipinski definition) is 3. The van der Waals surface area contributed by atoms with Crippen LogP contribution in [0.2, 0.25) is 5.02 Å². The summed E-state index contributed by atoms with van der Waals surface area (Å²) in [5.41, 5.74) is 4.27. The number of aryl methyl sites for hydroxylation is 1. The molecule has 1 aromatic carbocycles. The van der Waals surface area contributed by atoms with E-state index >= 15 is 0 Å². The van der Waals surface area contributed by atoms with Crippen LogP contribution in [0.4, 0.5) is 5.69 Å². The Labute approximate surface area is 132 Å². The van der Waals surface area contributed by atoms with Gasteiger partial charge in [-0.25, -0.2) is 0 Å². The molecule has 0 amide bonds. The highest BCUT2D eigenvalue weighted by molar-refractivity contribution is 6.36. The molecule has 2 rings (SSSR count). The van der Waals surface area contributed by atoms with Gasteiger partial charge in [0, 0.05) is 43.0 Å². The molecule has 2 aromatic rings. The molecule has 0 saturated heterocycles. The summed E-state index contributed by atoms with van der Waals surface area (Å²) in [6.45, 7) is 9.28. The molecule has 114 valence electrons. The average Bonchev–Trinajstić information content (AvgIpc) is 2.46. The number of hydrogen-bond donors (Lipinski definition) is 0. The Morgan fingerprint density at radius 3 is 2.38 bits per heavy atom. The van der Waals surface area contributed by atoms with Gasteiger partial charge in [-0.1, -0.05) is 25.4 Å². The fourth-order valence-electron chi connectivity index (χ4n) is 2.50. The molecular formula is C17H24ClN3. The maximum absolute atomic E-state index is 6.66. The molecule has 0 atom stereocenters. The quantitative estimate of drug-likeness (QED) is 0.829. The first-order valence-corrected chi connectivity index (χ1v) is 7.84. The minimum atomic E-state index is 0.842. The zero-order chi connectivity index (χ0) is 15.6. The fraction of sp³-hybridized carbons (Fsp3) is 0.471. The van der Waals surface area contributed by atoms with Gasteiger partial charge in [-0.3, -0.25) is 9.88 Å². The van der Waals surface area contributed by atoms with E-state index in [1.807, 2.05) is 21.0 Å². The molecule has 0 bridgehead atoms. The number of halogens is 1. The Morgan fingerprint density at radius 1 is 1.14 bits per heavy atom. The van der Waals surface area contributed by atoms with Gasteiger partial charge in [0.1, 0.15) is 0 Å². The number of rotatable bonds is 5. The van der Waals surface area contributed by atoms with Crippen molar-refractivity contribution >= 4 is 28.2 Å². The molecule has 0 spiro atoms. The first-order chi connectivity index (χ1) is 9.97. The molecule has 0 aliphatic carbocycles. The Bertz CT molecular complexity index is 633. The van der Waals surface area contributed by atoms with E-state index in [2.05, 4.69) is 41.8 Å². The Kier molecular flexibility index (Phi) is 5.07. The SMILES string of the molecule is CCN(CC)Cc1c(C)nc2cc(N(C)C)ccc2c1Cl. The number of benzene rings is 1. The highest BCUT2D eigenvalue weighted by atomic mass is 35.5. The zero-order valence-electron chi connectivity index (χ0n) is 13.6. The van der Waals surface area contributed by atoms with Crippen LogP contribution in [-0.2, 0) is 6.54 Å². The van der Waals surface area contributed by atoms with Crippen molar-refractivity contribution in [3.63, 3.8) is 0 Å². The van der Waals surface area contributed by atoms with Crippen molar-refractivity contribution in [2.45, 2.75) is 27.3 Å². The topological polar surface area (TPSA) is 19.4 Å². The summed E-state index contributed by atoms with van der Waals surface area (Å²) in [4.78, 5) is 9.20. The smallest absolute Gasteiger partial charge is 0.0741 e. The Morgan fingerprint density at radius 2 is 1.81 bits per heavy atom. The first-order valence-electron chi connectivity index (χ1n) is 7.46. The van der Waals surface area contributed by atoms with Crippen molar-refractivity contribution in [2.75, 3.05) is 32.1 Å². The van der Waals surface area contributed by atoms with Crippen LogP contribution in [0.1, 0.15) is 25.1 Å². The molecular weight excluding hydrogens is 282 g/mol. The van der Waals surface area contributed by atoms with Crippen LogP contribution < -0.4 is 4.90 Å². The highest BCUT2D eigenvalue weighted by Crippen LogP contribution is 2.31. The van der Waals surface area contributed by atoms with E-state index < -0.39 is 0 Å². The van der Waals surface area contributed by atoms with Crippen LogP contribution in [0.3, 0.4) is 0 Å². The van der Waals surface area contributed by atoms with Gasteiger partial charge in [0.15, 0.2) is 0 Å². The second-order valence-corrected chi connectivity index (χ2v) is 5.92. The molecule has 0 aliphatic heterocycles. The molecule has 0 radical (unpaired) electrons. The number of fused-ring (bicyclic) bond motifs is 1. The van der Waals surface area contributed by atoms with E-state index in [9.17, 15) is 0 Å². The van der Waals surface area contributed by atoms with E-state index in [4.69, 9.17) is 16.6 Å². The van der Waals surface area contributed by atoms with Crippen LogP contribution in [0.5, 0.6) is 0 Å². The lowest BCUT2D eigenvalue weighted by atomic mass is 10.1. The van der Waals surface area contributed by atoms with Crippen LogP contribution in [-0.4, -0.2) is 37.1 Å². The molecule has 0 unspecified atom stereocenters. The zero-order valence-corrected chi connectivity index (χ0v) is 14.3. The van der Waals surface area contributed by atoms with Crippen LogP contribution in [0.15, 0.2) is 18.2 Å². The maximum Gasteiger partial charge on any atom is 0.0741 e. The van der Waals surface area contributed by atoms with E-state index in [1.165, 1.54) is 0 Å². The fourth-order valence-corrected chi connectivity index (χ4v) is 2.86. The van der Waals surface area contributed by atoms with Gasteiger partial charge in [-0.15, -0.1) is 0 Å². The summed E-state index contributed by atoms with van der Waals surface area (Å²) >= 11 is 6.66. The number of pyridine rings is 1. The molecule has 1 heterocycles. The van der Waals surface area contributed by atoms with Crippen molar-refractivity contribution in [2.24, 2.45) is 0 Å². The standard InChI is InChI=1S/C17H24ClN3/c1-6-21(7-2)11-15-12(3)19-16-10-13(20(4)5)8-9-14(16)17(15)18/h8-10H,6-7,11H2,1-5H3. The third kappa shape index (κ3) is 3.30. The number of anilines is 1. The summed E-state index contributed by atoms with van der Waals surface area (Å²) in [6.07, 6.45) is 0. The minimum absolute atomic E-state index is 0.842. The maximum atomic E-state index is 6.66. The predicted molar refractivity (Wildman–Crippen MR) is 92.4 cm³/mol. The monoisotopic (exact) mass is 305 g/mol. The van der Waals surface area contributed by atoms with Crippen molar-refractivity contribution < 1.29 is 0 Å². The summed E-state index contributed by atoms with van der Waals surface area (Å²) < 4.78 is 0. The van der Waals surface area contributed by atoms with Gasteiger partial charge in [-0.2, -0.15) is 0 Å². The van der Waals surface area contributed by atoms with Gasteiger partial charge in [0.2, 0.25) is 0 Å². The summed E-state index contributed by atoms with van der Waals surface area (Å²) in [5.74, 6) is 0. The number of nitrogens with zero attached hydrogens (tertiary/aromatic N) is 3. The third-order valence-corrected chi connectivity index (χ3v) is 4.43. The largest absolute Gasteiger partial charge is 0.378 e. The lowest BCUT2D eigenvalue weighted by Crippen LogP contribution is -2.23. The summed E-state index contributed by atoms with van der Waals surface area (Å²) in [6, 6.07) is 6.26. The van der Waals surface area contributed by atoms with E-state index in [-0.39, 0.29) is 0 Å². The Balaban J connectivity index is 2.52. The first kappa shape index (κ1) is 16.1. The van der Waals surface area contributed by atoms with Gasteiger partial charge >= 0.3 is 0 Å². The van der Waals surface area contributed by atoms with Gasteiger partial charge < -0.3 is 4.90 Å². The minimum Gasteiger partial charge on any atom is -0.378 e. The normalized spacial score (nSPS) is 11.4. The van der Waals surface area contributed by atoms with Crippen LogP contribution in [0.25, 0.3) is 10.9 Å².